The maximum atomic E-state index is 5.59. The van der Waals surface area contributed by atoms with Crippen molar-refractivity contribution in [1.29, 1.82) is 0 Å². The molecule has 0 spiro atoms. The lowest BCUT2D eigenvalue weighted by atomic mass is 9.94. The first-order valence-corrected chi connectivity index (χ1v) is 6.81. The maximum Gasteiger partial charge on any atom is 0.0642 e. The third kappa shape index (κ3) is 3.36. The van der Waals surface area contributed by atoms with Gasteiger partial charge in [-0.15, -0.1) is 11.6 Å². The smallest absolute Gasteiger partial charge is 0.0642 e. The lowest BCUT2D eigenvalue weighted by molar-refractivity contribution is 0.154. The molecule has 3 heteroatoms. The standard InChI is InChI=1S/C14H20ClNO/c1-12-10-13-4-2-3-5-14(13)16(11-12)7-9-17-8-6-15/h2-5,12H,6-11H2,1H3. The fraction of sp³-hybridized carbons (Fsp3) is 0.571. The largest absolute Gasteiger partial charge is 0.378 e. The van der Waals surface area contributed by atoms with Gasteiger partial charge in [0.25, 0.3) is 0 Å². The molecule has 0 saturated carbocycles. The third-order valence-corrected chi connectivity index (χ3v) is 3.31. The van der Waals surface area contributed by atoms with Crippen molar-refractivity contribution in [3.8, 4) is 0 Å². The number of hydrogen-bond acceptors (Lipinski definition) is 2. The van der Waals surface area contributed by atoms with Gasteiger partial charge in [0.2, 0.25) is 0 Å². The van der Waals surface area contributed by atoms with E-state index in [1.807, 2.05) is 0 Å². The molecule has 2 rings (SSSR count). The van der Waals surface area contributed by atoms with Gasteiger partial charge in [0.1, 0.15) is 0 Å². The number of benzene rings is 1. The van der Waals surface area contributed by atoms with E-state index in [0.29, 0.717) is 12.5 Å². The Balaban J connectivity index is 1.97. The van der Waals surface area contributed by atoms with Gasteiger partial charge in [-0.05, 0) is 24.0 Å². The second-order valence-electron chi connectivity index (χ2n) is 4.69. The molecular weight excluding hydrogens is 234 g/mol. The van der Waals surface area contributed by atoms with E-state index in [4.69, 9.17) is 16.3 Å². The van der Waals surface area contributed by atoms with E-state index in [1.54, 1.807) is 0 Å². The van der Waals surface area contributed by atoms with Crippen molar-refractivity contribution in [2.45, 2.75) is 13.3 Å². The van der Waals surface area contributed by atoms with Crippen molar-refractivity contribution in [2.24, 2.45) is 5.92 Å². The van der Waals surface area contributed by atoms with E-state index in [-0.39, 0.29) is 0 Å². The van der Waals surface area contributed by atoms with Gasteiger partial charge < -0.3 is 9.64 Å². The highest BCUT2D eigenvalue weighted by molar-refractivity contribution is 6.17. The minimum atomic E-state index is 0.576. The average Bonchev–Trinajstić information content (AvgIpc) is 2.34. The summed E-state index contributed by atoms with van der Waals surface area (Å²) in [6.45, 7) is 5.79. The molecule has 1 atom stereocenters. The van der Waals surface area contributed by atoms with Gasteiger partial charge in [-0.2, -0.15) is 0 Å². The zero-order valence-electron chi connectivity index (χ0n) is 10.4. The number of halogens is 1. The number of nitrogens with zero attached hydrogens (tertiary/aromatic N) is 1. The monoisotopic (exact) mass is 253 g/mol. The van der Waals surface area contributed by atoms with Gasteiger partial charge in [0, 0.05) is 24.7 Å². The first kappa shape index (κ1) is 12.7. The molecule has 0 saturated heterocycles. The summed E-state index contributed by atoms with van der Waals surface area (Å²) in [7, 11) is 0. The summed E-state index contributed by atoms with van der Waals surface area (Å²) < 4.78 is 5.46. The van der Waals surface area contributed by atoms with Crippen LogP contribution in [0, 0.1) is 5.92 Å². The number of rotatable bonds is 5. The lowest BCUT2D eigenvalue weighted by Crippen LogP contribution is -2.36. The molecule has 1 aromatic carbocycles. The Kier molecular flexibility index (Phi) is 4.69. The molecule has 0 aliphatic carbocycles. The summed E-state index contributed by atoms with van der Waals surface area (Å²) in [5.74, 6) is 1.30. The number of para-hydroxylation sites is 1. The van der Waals surface area contributed by atoms with Crippen molar-refractivity contribution in [3.63, 3.8) is 0 Å². The minimum absolute atomic E-state index is 0.576. The first-order valence-electron chi connectivity index (χ1n) is 6.28. The van der Waals surface area contributed by atoms with E-state index in [9.17, 15) is 0 Å². The molecule has 94 valence electrons. The van der Waals surface area contributed by atoms with Crippen LogP contribution in [0.15, 0.2) is 24.3 Å². The molecule has 0 aromatic heterocycles. The molecule has 1 aromatic rings. The van der Waals surface area contributed by atoms with Crippen molar-refractivity contribution < 1.29 is 4.74 Å². The zero-order valence-corrected chi connectivity index (χ0v) is 11.1. The van der Waals surface area contributed by atoms with E-state index in [0.717, 1.165) is 25.6 Å². The summed E-state index contributed by atoms with van der Waals surface area (Å²) in [6.07, 6.45) is 1.19. The molecule has 0 N–H and O–H groups in total. The number of anilines is 1. The Morgan fingerprint density at radius 3 is 3.00 bits per heavy atom. The molecule has 17 heavy (non-hydrogen) atoms. The van der Waals surface area contributed by atoms with Crippen molar-refractivity contribution in [1.82, 2.24) is 0 Å². The fourth-order valence-corrected chi connectivity index (χ4v) is 2.56. The Bertz CT molecular complexity index is 356. The number of hydrogen-bond donors (Lipinski definition) is 0. The minimum Gasteiger partial charge on any atom is -0.378 e. The van der Waals surface area contributed by atoms with Crippen LogP contribution in [0.4, 0.5) is 5.69 Å². The van der Waals surface area contributed by atoms with Crippen LogP contribution in [-0.2, 0) is 11.2 Å². The van der Waals surface area contributed by atoms with Crippen molar-refractivity contribution in [3.05, 3.63) is 29.8 Å². The zero-order chi connectivity index (χ0) is 12.1. The summed E-state index contributed by atoms with van der Waals surface area (Å²) >= 11 is 5.59. The van der Waals surface area contributed by atoms with Crippen LogP contribution in [0.1, 0.15) is 12.5 Å². The normalized spacial score (nSPS) is 19.2. The van der Waals surface area contributed by atoms with Crippen LogP contribution >= 0.6 is 11.6 Å². The summed E-state index contributed by atoms with van der Waals surface area (Å²) in [5.41, 5.74) is 2.84. The molecule has 0 radical (unpaired) electrons. The van der Waals surface area contributed by atoms with Gasteiger partial charge in [0.15, 0.2) is 0 Å². The summed E-state index contributed by atoms with van der Waals surface area (Å²) in [6, 6.07) is 8.68. The van der Waals surface area contributed by atoms with Crippen LogP contribution < -0.4 is 4.90 Å². The lowest BCUT2D eigenvalue weighted by Gasteiger charge is -2.34. The average molecular weight is 254 g/mol. The quantitative estimate of drug-likeness (QED) is 0.591. The van der Waals surface area contributed by atoms with E-state index >= 15 is 0 Å². The van der Waals surface area contributed by atoms with Gasteiger partial charge in [-0.3, -0.25) is 0 Å². The predicted molar refractivity (Wildman–Crippen MR) is 73.1 cm³/mol. The van der Waals surface area contributed by atoms with Gasteiger partial charge in [-0.1, -0.05) is 25.1 Å². The van der Waals surface area contributed by atoms with E-state index in [2.05, 4.69) is 36.1 Å². The SMILES string of the molecule is CC1Cc2ccccc2N(CCOCCCl)C1. The van der Waals surface area contributed by atoms with E-state index in [1.165, 1.54) is 17.7 Å². The molecule has 1 heterocycles. The Morgan fingerprint density at radius 2 is 2.18 bits per heavy atom. The Hall–Kier alpha value is -0.730. The van der Waals surface area contributed by atoms with Crippen LogP contribution in [-0.4, -0.2) is 32.2 Å². The van der Waals surface area contributed by atoms with Crippen molar-refractivity contribution in [2.75, 3.05) is 37.1 Å². The molecule has 1 aliphatic heterocycles. The van der Waals surface area contributed by atoms with Gasteiger partial charge >= 0.3 is 0 Å². The van der Waals surface area contributed by atoms with E-state index < -0.39 is 0 Å². The number of ether oxygens (including phenoxy) is 1. The summed E-state index contributed by atoms with van der Waals surface area (Å²) in [5, 5.41) is 0. The number of fused-ring (bicyclic) bond motifs is 1. The maximum absolute atomic E-state index is 5.59. The first-order chi connectivity index (χ1) is 8.31. The topological polar surface area (TPSA) is 12.5 Å². The van der Waals surface area contributed by atoms with Crippen LogP contribution in [0.3, 0.4) is 0 Å². The molecule has 0 fully saturated rings. The van der Waals surface area contributed by atoms with Crippen LogP contribution in [0.25, 0.3) is 0 Å². The molecular formula is C14H20ClNO. The second-order valence-corrected chi connectivity index (χ2v) is 5.06. The third-order valence-electron chi connectivity index (χ3n) is 3.16. The molecule has 2 nitrogen and oxygen atoms in total. The van der Waals surface area contributed by atoms with Crippen LogP contribution in [0.5, 0.6) is 0 Å². The Morgan fingerprint density at radius 1 is 1.35 bits per heavy atom. The highest BCUT2D eigenvalue weighted by Gasteiger charge is 2.20. The summed E-state index contributed by atoms with van der Waals surface area (Å²) in [4.78, 5) is 2.43. The van der Waals surface area contributed by atoms with Gasteiger partial charge in [-0.25, -0.2) is 0 Å². The highest BCUT2D eigenvalue weighted by atomic mass is 35.5. The van der Waals surface area contributed by atoms with Crippen LogP contribution in [0.2, 0.25) is 0 Å². The molecule has 1 aliphatic rings. The highest BCUT2D eigenvalue weighted by Crippen LogP contribution is 2.28. The molecule has 1 unspecified atom stereocenters. The number of alkyl halides is 1. The predicted octanol–water partition coefficient (Wildman–Crippen LogP) is 2.94. The molecule has 0 bridgehead atoms. The van der Waals surface area contributed by atoms with Crippen molar-refractivity contribution >= 4 is 17.3 Å². The fourth-order valence-electron chi connectivity index (χ4n) is 2.45. The van der Waals surface area contributed by atoms with Gasteiger partial charge in [0.05, 0.1) is 13.2 Å². The second kappa shape index (κ2) is 6.27. The Labute approximate surface area is 109 Å². The molecule has 0 amide bonds.